The van der Waals surface area contributed by atoms with Crippen molar-refractivity contribution in [1.29, 1.82) is 5.26 Å². The number of nitriles is 1. The average Bonchev–Trinajstić information content (AvgIpc) is 2.60. The van der Waals surface area contributed by atoms with Crippen LogP contribution in [0.1, 0.15) is 37.8 Å². The number of carbonyl (C=O) groups excluding carboxylic acids is 2. The van der Waals surface area contributed by atoms with Crippen molar-refractivity contribution in [2.24, 2.45) is 0 Å². The molecule has 0 atom stereocenters. The number of thioether (sulfide) groups is 1. The van der Waals surface area contributed by atoms with E-state index in [2.05, 4.69) is 26.1 Å². The highest BCUT2D eigenvalue weighted by Gasteiger charge is 2.33. The molecule has 1 aromatic rings. The van der Waals surface area contributed by atoms with E-state index < -0.39 is 17.1 Å². The minimum Gasteiger partial charge on any atom is -0.469 e. The highest BCUT2D eigenvalue weighted by molar-refractivity contribution is 7.99. The molecule has 0 spiro atoms. The van der Waals surface area contributed by atoms with Crippen LogP contribution in [0, 0.1) is 11.3 Å². The third kappa shape index (κ3) is 5.60. The lowest BCUT2D eigenvalue weighted by atomic mass is 9.83. The lowest BCUT2D eigenvalue weighted by molar-refractivity contribution is -0.139. The Morgan fingerprint density at radius 1 is 1.44 bits per heavy atom. The second-order valence-corrected chi connectivity index (χ2v) is 6.85. The van der Waals surface area contributed by atoms with Crippen LogP contribution < -0.4 is 10.9 Å². The van der Waals surface area contributed by atoms with Crippen LogP contribution in [0.3, 0.4) is 0 Å². The number of hydrogen-bond acceptors (Lipinski definition) is 7. The van der Waals surface area contributed by atoms with Gasteiger partial charge in [0, 0.05) is 6.07 Å². The maximum atomic E-state index is 12.2. The van der Waals surface area contributed by atoms with Gasteiger partial charge in [-0.15, -0.1) is 0 Å². The molecule has 0 radical (unpaired) electrons. The second kappa shape index (κ2) is 8.67. The Morgan fingerprint density at radius 2 is 2.16 bits per heavy atom. The van der Waals surface area contributed by atoms with E-state index in [1.807, 2.05) is 0 Å². The van der Waals surface area contributed by atoms with Gasteiger partial charge in [-0.25, -0.2) is 4.98 Å². The zero-order chi connectivity index (χ0) is 18.3. The molecule has 134 valence electrons. The fourth-order valence-corrected chi connectivity index (χ4v) is 3.41. The van der Waals surface area contributed by atoms with Gasteiger partial charge in [0.05, 0.1) is 31.0 Å². The lowest BCUT2D eigenvalue weighted by Gasteiger charge is -2.31. The first-order valence-corrected chi connectivity index (χ1v) is 8.97. The molecule has 0 saturated heterocycles. The molecule has 0 unspecified atom stereocenters. The fraction of sp³-hybridized carbons (Fsp3) is 0.562. The smallest absolute Gasteiger partial charge is 0.311 e. The third-order valence-corrected chi connectivity index (χ3v) is 4.84. The van der Waals surface area contributed by atoms with E-state index in [0.29, 0.717) is 12.8 Å². The molecular weight excluding hydrogens is 344 g/mol. The van der Waals surface area contributed by atoms with Crippen LogP contribution in [-0.4, -0.2) is 40.2 Å². The number of nitrogens with zero attached hydrogens (tertiary/aromatic N) is 2. The van der Waals surface area contributed by atoms with Gasteiger partial charge in [0.1, 0.15) is 5.54 Å². The van der Waals surface area contributed by atoms with Crippen molar-refractivity contribution in [3.05, 3.63) is 22.1 Å². The zero-order valence-electron chi connectivity index (χ0n) is 14.0. The van der Waals surface area contributed by atoms with Crippen molar-refractivity contribution in [2.75, 3.05) is 12.9 Å². The first kappa shape index (κ1) is 19.0. The highest BCUT2D eigenvalue weighted by atomic mass is 32.2. The number of aromatic nitrogens is 2. The molecule has 0 aromatic carbocycles. The predicted molar refractivity (Wildman–Crippen MR) is 90.9 cm³/mol. The molecule has 1 heterocycles. The number of H-pyrrole nitrogens is 1. The first-order valence-electron chi connectivity index (χ1n) is 7.98. The van der Waals surface area contributed by atoms with Gasteiger partial charge in [0.15, 0.2) is 5.16 Å². The van der Waals surface area contributed by atoms with Crippen LogP contribution in [0.4, 0.5) is 0 Å². The largest absolute Gasteiger partial charge is 0.469 e. The maximum absolute atomic E-state index is 12.2. The topological polar surface area (TPSA) is 125 Å². The summed E-state index contributed by atoms with van der Waals surface area (Å²) < 4.78 is 4.55. The number of rotatable bonds is 6. The number of ether oxygens (including phenoxy) is 1. The Kier molecular flexibility index (Phi) is 6.58. The predicted octanol–water partition coefficient (Wildman–Crippen LogP) is 0.920. The summed E-state index contributed by atoms with van der Waals surface area (Å²) in [7, 11) is 1.26. The van der Waals surface area contributed by atoms with Crippen LogP contribution in [-0.2, 0) is 20.7 Å². The Bertz CT molecular complexity index is 734. The monoisotopic (exact) mass is 364 g/mol. The third-order valence-electron chi connectivity index (χ3n) is 3.97. The van der Waals surface area contributed by atoms with Crippen molar-refractivity contribution >= 4 is 23.6 Å². The number of aromatic amines is 1. The Balaban J connectivity index is 1.96. The van der Waals surface area contributed by atoms with E-state index in [0.717, 1.165) is 31.0 Å². The van der Waals surface area contributed by atoms with Gasteiger partial charge >= 0.3 is 5.97 Å². The molecule has 25 heavy (non-hydrogen) atoms. The summed E-state index contributed by atoms with van der Waals surface area (Å²) >= 11 is 1.05. The summed E-state index contributed by atoms with van der Waals surface area (Å²) in [5.41, 5.74) is -0.916. The van der Waals surface area contributed by atoms with Crippen molar-refractivity contribution in [3.63, 3.8) is 0 Å². The Labute approximate surface area is 149 Å². The van der Waals surface area contributed by atoms with E-state index in [1.54, 1.807) is 0 Å². The summed E-state index contributed by atoms with van der Waals surface area (Å²) in [4.78, 5) is 41.7. The Morgan fingerprint density at radius 3 is 2.80 bits per heavy atom. The van der Waals surface area contributed by atoms with Crippen LogP contribution in [0.2, 0.25) is 0 Å². The highest BCUT2D eigenvalue weighted by Crippen LogP contribution is 2.27. The zero-order valence-corrected chi connectivity index (χ0v) is 14.8. The minimum absolute atomic E-state index is 0.0219. The van der Waals surface area contributed by atoms with E-state index >= 15 is 0 Å². The van der Waals surface area contributed by atoms with Gasteiger partial charge in [0.2, 0.25) is 5.91 Å². The summed E-state index contributed by atoms with van der Waals surface area (Å²) in [6, 6.07) is 3.44. The number of esters is 1. The number of hydrogen-bond donors (Lipinski definition) is 2. The summed E-state index contributed by atoms with van der Waals surface area (Å²) in [6.45, 7) is 0. The molecule has 2 N–H and O–H groups in total. The molecule has 0 bridgehead atoms. The molecule has 9 heteroatoms. The quantitative estimate of drug-likeness (QED) is 0.437. The van der Waals surface area contributed by atoms with Gasteiger partial charge in [-0.2, -0.15) is 5.26 Å². The van der Waals surface area contributed by atoms with Crippen molar-refractivity contribution in [2.45, 2.75) is 49.2 Å². The lowest BCUT2D eigenvalue weighted by Crippen LogP contribution is -2.49. The molecular formula is C16H20N4O4S. The van der Waals surface area contributed by atoms with Gasteiger partial charge < -0.3 is 15.0 Å². The van der Waals surface area contributed by atoms with E-state index in [9.17, 15) is 19.6 Å². The SMILES string of the molecule is COC(=O)Cc1cc(=O)[nH]c(SCC(=O)NC2(C#N)CCCCC2)n1. The summed E-state index contributed by atoms with van der Waals surface area (Å²) in [5, 5.41) is 12.4. The minimum atomic E-state index is -0.788. The molecule has 1 fully saturated rings. The first-order chi connectivity index (χ1) is 12.0. The normalized spacial score (nSPS) is 15.8. The number of nitrogens with one attached hydrogen (secondary N) is 2. The summed E-state index contributed by atoms with van der Waals surface area (Å²) in [5.74, 6) is -0.761. The number of amides is 1. The molecule has 1 saturated carbocycles. The average molecular weight is 364 g/mol. The molecule has 1 aromatic heterocycles. The van der Waals surface area contributed by atoms with Crippen molar-refractivity contribution in [3.8, 4) is 6.07 Å². The molecule has 2 rings (SSSR count). The fourth-order valence-electron chi connectivity index (χ4n) is 2.72. The molecule has 0 aliphatic heterocycles. The maximum Gasteiger partial charge on any atom is 0.311 e. The van der Waals surface area contributed by atoms with E-state index in [-0.39, 0.29) is 28.9 Å². The second-order valence-electron chi connectivity index (χ2n) is 5.89. The molecule has 8 nitrogen and oxygen atoms in total. The standard InChI is InChI=1S/C16H20N4O4S/c1-24-14(23)8-11-7-12(21)19-15(18-11)25-9-13(22)20-16(10-17)5-3-2-4-6-16/h7H,2-6,8-9H2,1H3,(H,20,22)(H,18,19,21). The van der Waals surface area contributed by atoms with Crippen molar-refractivity contribution < 1.29 is 14.3 Å². The van der Waals surface area contributed by atoms with Crippen molar-refractivity contribution in [1.82, 2.24) is 15.3 Å². The molecule has 1 aliphatic carbocycles. The van der Waals surface area contributed by atoms with Gasteiger partial charge in [-0.05, 0) is 12.8 Å². The van der Waals surface area contributed by atoms with Crippen LogP contribution in [0.15, 0.2) is 16.0 Å². The van der Waals surface area contributed by atoms with E-state index in [4.69, 9.17) is 0 Å². The summed E-state index contributed by atoms with van der Waals surface area (Å²) in [6.07, 6.45) is 4.12. The number of carbonyl (C=O) groups is 2. The van der Waals surface area contributed by atoms with E-state index in [1.165, 1.54) is 13.2 Å². The van der Waals surface area contributed by atoms with Crippen LogP contribution >= 0.6 is 11.8 Å². The van der Waals surface area contributed by atoms with Crippen LogP contribution in [0.25, 0.3) is 0 Å². The van der Waals surface area contributed by atoms with Gasteiger partial charge in [0.25, 0.3) is 5.56 Å². The van der Waals surface area contributed by atoms with Crippen LogP contribution in [0.5, 0.6) is 0 Å². The molecule has 1 aliphatic rings. The van der Waals surface area contributed by atoms with Gasteiger partial charge in [-0.3, -0.25) is 14.4 Å². The molecule has 1 amide bonds. The Hall–Kier alpha value is -2.34. The van der Waals surface area contributed by atoms with Gasteiger partial charge in [-0.1, -0.05) is 31.0 Å². The number of methoxy groups -OCH3 is 1.